The van der Waals surface area contributed by atoms with Gasteiger partial charge in [0, 0.05) is 23.9 Å². The first kappa shape index (κ1) is 12.5. The predicted octanol–water partition coefficient (Wildman–Crippen LogP) is 2.55. The molecule has 0 aliphatic rings. The molecule has 18 heavy (non-hydrogen) atoms. The van der Waals surface area contributed by atoms with Gasteiger partial charge >= 0.3 is 0 Å². The van der Waals surface area contributed by atoms with Crippen molar-refractivity contribution < 1.29 is 9.90 Å². The molecule has 0 aliphatic heterocycles. The SMILES string of the molecule is CC(=O)Nc1c(C)ccc2c(C(C)O)nccc12. The number of pyridine rings is 1. The van der Waals surface area contributed by atoms with Crippen molar-refractivity contribution in [3.8, 4) is 0 Å². The molecule has 1 unspecified atom stereocenters. The van der Waals surface area contributed by atoms with Crippen molar-refractivity contribution in [3.63, 3.8) is 0 Å². The molecule has 0 saturated heterocycles. The van der Waals surface area contributed by atoms with Crippen LogP contribution in [0.25, 0.3) is 10.8 Å². The molecule has 0 spiro atoms. The van der Waals surface area contributed by atoms with Gasteiger partial charge in [0.05, 0.1) is 17.5 Å². The van der Waals surface area contributed by atoms with Gasteiger partial charge in [0.25, 0.3) is 0 Å². The summed E-state index contributed by atoms with van der Waals surface area (Å²) >= 11 is 0. The lowest BCUT2D eigenvalue weighted by Gasteiger charge is -2.13. The lowest BCUT2D eigenvalue weighted by Crippen LogP contribution is -2.08. The van der Waals surface area contributed by atoms with E-state index in [1.54, 1.807) is 13.1 Å². The van der Waals surface area contributed by atoms with Crippen LogP contribution in [0.2, 0.25) is 0 Å². The smallest absolute Gasteiger partial charge is 0.221 e. The highest BCUT2D eigenvalue weighted by atomic mass is 16.3. The van der Waals surface area contributed by atoms with E-state index in [0.717, 1.165) is 22.0 Å². The second-order valence-electron chi connectivity index (χ2n) is 4.41. The molecular weight excluding hydrogens is 228 g/mol. The third-order valence-electron chi connectivity index (χ3n) is 2.88. The average molecular weight is 244 g/mol. The normalized spacial score (nSPS) is 12.4. The van der Waals surface area contributed by atoms with Gasteiger partial charge in [-0.1, -0.05) is 12.1 Å². The van der Waals surface area contributed by atoms with E-state index in [1.807, 2.05) is 25.1 Å². The van der Waals surface area contributed by atoms with Crippen molar-refractivity contribution in [2.24, 2.45) is 0 Å². The molecule has 1 atom stereocenters. The van der Waals surface area contributed by atoms with Gasteiger partial charge in [-0.25, -0.2) is 0 Å². The molecule has 1 heterocycles. The topological polar surface area (TPSA) is 62.2 Å². The zero-order valence-corrected chi connectivity index (χ0v) is 10.7. The Kier molecular flexibility index (Phi) is 3.30. The monoisotopic (exact) mass is 244 g/mol. The van der Waals surface area contributed by atoms with Gasteiger partial charge in [0.15, 0.2) is 0 Å². The van der Waals surface area contributed by atoms with Crippen LogP contribution in [-0.4, -0.2) is 16.0 Å². The Labute approximate surface area is 106 Å². The zero-order chi connectivity index (χ0) is 13.3. The van der Waals surface area contributed by atoms with Crippen molar-refractivity contribution in [2.45, 2.75) is 26.9 Å². The van der Waals surface area contributed by atoms with E-state index in [9.17, 15) is 9.90 Å². The highest BCUT2D eigenvalue weighted by molar-refractivity contribution is 6.03. The minimum atomic E-state index is -0.637. The van der Waals surface area contributed by atoms with E-state index in [1.165, 1.54) is 6.92 Å². The van der Waals surface area contributed by atoms with E-state index in [0.29, 0.717) is 5.69 Å². The average Bonchev–Trinajstić information content (AvgIpc) is 2.31. The van der Waals surface area contributed by atoms with Crippen molar-refractivity contribution >= 4 is 22.4 Å². The van der Waals surface area contributed by atoms with E-state index >= 15 is 0 Å². The maximum absolute atomic E-state index is 11.3. The molecule has 2 rings (SSSR count). The Hall–Kier alpha value is -1.94. The van der Waals surface area contributed by atoms with Gasteiger partial charge in [-0.3, -0.25) is 9.78 Å². The molecular formula is C14H16N2O2. The van der Waals surface area contributed by atoms with Crippen molar-refractivity contribution in [3.05, 3.63) is 35.7 Å². The van der Waals surface area contributed by atoms with Gasteiger partial charge < -0.3 is 10.4 Å². The summed E-state index contributed by atoms with van der Waals surface area (Å²) < 4.78 is 0. The van der Waals surface area contributed by atoms with Crippen molar-refractivity contribution in [1.82, 2.24) is 4.98 Å². The number of aliphatic hydroxyl groups is 1. The van der Waals surface area contributed by atoms with Gasteiger partial charge in [0.1, 0.15) is 0 Å². The molecule has 2 N–H and O–H groups in total. The Balaban J connectivity index is 2.73. The number of aromatic nitrogens is 1. The van der Waals surface area contributed by atoms with Crippen LogP contribution >= 0.6 is 0 Å². The number of benzene rings is 1. The number of rotatable bonds is 2. The van der Waals surface area contributed by atoms with Crippen LogP contribution in [0.5, 0.6) is 0 Å². The Morgan fingerprint density at radius 2 is 2.06 bits per heavy atom. The summed E-state index contributed by atoms with van der Waals surface area (Å²) in [7, 11) is 0. The standard InChI is InChI=1S/C14H16N2O2/c1-8-4-5-11-12(13(8)16-10(3)18)6-7-15-14(11)9(2)17/h4-7,9,17H,1-3H3,(H,16,18). The summed E-state index contributed by atoms with van der Waals surface area (Å²) in [6.45, 7) is 5.10. The van der Waals surface area contributed by atoms with Crippen LogP contribution in [0.1, 0.15) is 31.2 Å². The van der Waals surface area contributed by atoms with Crippen LogP contribution < -0.4 is 5.32 Å². The third-order valence-corrected chi connectivity index (χ3v) is 2.88. The number of anilines is 1. The van der Waals surface area contributed by atoms with Gasteiger partial charge in [-0.05, 0) is 25.5 Å². The quantitative estimate of drug-likeness (QED) is 0.853. The molecule has 1 aromatic heterocycles. The van der Waals surface area contributed by atoms with Crippen molar-refractivity contribution in [1.29, 1.82) is 0 Å². The molecule has 1 aromatic carbocycles. The fraction of sp³-hybridized carbons (Fsp3) is 0.286. The number of carbonyl (C=O) groups is 1. The van der Waals surface area contributed by atoms with E-state index in [2.05, 4.69) is 10.3 Å². The molecule has 0 aliphatic carbocycles. The van der Waals surface area contributed by atoms with Crippen LogP contribution in [0.15, 0.2) is 24.4 Å². The van der Waals surface area contributed by atoms with Gasteiger partial charge in [-0.2, -0.15) is 0 Å². The number of hydrogen-bond donors (Lipinski definition) is 2. The molecule has 0 saturated carbocycles. The number of aryl methyl sites for hydroxylation is 1. The number of nitrogens with one attached hydrogen (secondary N) is 1. The molecule has 4 nitrogen and oxygen atoms in total. The molecule has 0 bridgehead atoms. The second-order valence-corrected chi connectivity index (χ2v) is 4.41. The molecule has 4 heteroatoms. The number of hydrogen-bond acceptors (Lipinski definition) is 3. The van der Waals surface area contributed by atoms with Crippen LogP contribution in [0.4, 0.5) is 5.69 Å². The summed E-state index contributed by atoms with van der Waals surface area (Å²) in [6, 6.07) is 5.69. The lowest BCUT2D eigenvalue weighted by atomic mass is 10.0. The Morgan fingerprint density at radius 1 is 1.33 bits per heavy atom. The first-order valence-corrected chi connectivity index (χ1v) is 5.84. The van der Waals surface area contributed by atoms with E-state index in [4.69, 9.17) is 0 Å². The van der Waals surface area contributed by atoms with Crippen LogP contribution in [0.3, 0.4) is 0 Å². The summed E-state index contributed by atoms with van der Waals surface area (Å²) in [5.41, 5.74) is 2.39. The number of carbonyl (C=O) groups excluding carboxylic acids is 1. The zero-order valence-electron chi connectivity index (χ0n) is 10.7. The summed E-state index contributed by atoms with van der Waals surface area (Å²) in [5.74, 6) is -0.110. The second kappa shape index (κ2) is 4.74. The number of amides is 1. The Bertz CT molecular complexity index is 606. The van der Waals surface area contributed by atoms with Gasteiger partial charge in [0.2, 0.25) is 5.91 Å². The van der Waals surface area contributed by atoms with Gasteiger partial charge in [-0.15, -0.1) is 0 Å². The summed E-state index contributed by atoms with van der Waals surface area (Å²) in [4.78, 5) is 15.4. The number of aliphatic hydroxyl groups excluding tert-OH is 1. The maximum atomic E-state index is 11.3. The molecule has 1 amide bonds. The maximum Gasteiger partial charge on any atom is 0.221 e. The lowest BCUT2D eigenvalue weighted by molar-refractivity contribution is -0.114. The summed E-state index contributed by atoms with van der Waals surface area (Å²) in [6.07, 6.45) is 1.01. The number of fused-ring (bicyclic) bond motifs is 1. The van der Waals surface area contributed by atoms with Crippen LogP contribution in [-0.2, 0) is 4.79 Å². The molecule has 0 fully saturated rings. The largest absolute Gasteiger partial charge is 0.387 e. The Morgan fingerprint density at radius 3 is 2.67 bits per heavy atom. The molecule has 2 aromatic rings. The number of nitrogens with zero attached hydrogens (tertiary/aromatic N) is 1. The highest BCUT2D eigenvalue weighted by Crippen LogP contribution is 2.30. The first-order valence-electron chi connectivity index (χ1n) is 5.84. The fourth-order valence-electron chi connectivity index (χ4n) is 2.06. The van der Waals surface area contributed by atoms with E-state index in [-0.39, 0.29) is 5.91 Å². The minimum Gasteiger partial charge on any atom is -0.387 e. The van der Waals surface area contributed by atoms with Crippen LogP contribution in [0, 0.1) is 6.92 Å². The van der Waals surface area contributed by atoms with Crippen molar-refractivity contribution in [2.75, 3.05) is 5.32 Å². The summed E-state index contributed by atoms with van der Waals surface area (Å²) in [5, 5.41) is 14.3. The first-order chi connectivity index (χ1) is 8.50. The predicted molar refractivity (Wildman–Crippen MR) is 71.4 cm³/mol. The van der Waals surface area contributed by atoms with E-state index < -0.39 is 6.10 Å². The molecule has 0 radical (unpaired) electrons. The molecule has 94 valence electrons. The fourth-order valence-corrected chi connectivity index (χ4v) is 2.06. The highest BCUT2D eigenvalue weighted by Gasteiger charge is 2.12. The third kappa shape index (κ3) is 2.19. The minimum absolute atomic E-state index is 0.110.